The normalized spacial score (nSPS) is 11.6. The third kappa shape index (κ3) is 4.78. The van der Waals surface area contributed by atoms with Crippen molar-refractivity contribution in [1.82, 2.24) is 4.72 Å². The molecular weight excluding hydrogens is 367 g/mol. The summed E-state index contributed by atoms with van der Waals surface area (Å²) in [5.74, 6) is -1.12. The molecule has 0 saturated carbocycles. The summed E-state index contributed by atoms with van der Waals surface area (Å²) in [6.07, 6.45) is 0. The van der Waals surface area contributed by atoms with Gasteiger partial charge in [-0.1, -0.05) is 17.7 Å². The Morgan fingerprint density at radius 3 is 2.48 bits per heavy atom. The summed E-state index contributed by atoms with van der Waals surface area (Å²) in [7, 11) is -3.77. The Bertz CT molecular complexity index is 914. The van der Waals surface area contributed by atoms with Gasteiger partial charge in [0, 0.05) is 11.7 Å². The lowest BCUT2D eigenvalue weighted by Gasteiger charge is -2.13. The number of sulfonamides is 1. The van der Waals surface area contributed by atoms with Gasteiger partial charge in [-0.3, -0.25) is 4.79 Å². The zero-order valence-electron chi connectivity index (χ0n) is 13.9. The van der Waals surface area contributed by atoms with Crippen molar-refractivity contribution in [3.63, 3.8) is 0 Å². The number of anilines is 1. The van der Waals surface area contributed by atoms with Crippen LogP contribution in [-0.2, 0) is 10.0 Å². The molecule has 0 aliphatic carbocycles. The van der Waals surface area contributed by atoms with Crippen LogP contribution in [0.5, 0.6) is 0 Å². The van der Waals surface area contributed by atoms with Crippen molar-refractivity contribution in [3.8, 4) is 0 Å². The van der Waals surface area contributed by atoms with E-state index in [4.69, 9.17) is 11.6 Å². The lowest BCUT2D eigenvalue weighted by atomic mass is 10.1. The van der Waals surface area contributed by atoms with Crippen LogP contribution in [0.25, 0.3) is 0 Å². The number of aryl methyl sites for hydroxylation is 1. The minimum atomic E-state index is -3.77. The van der Waals surface area contributed by atoms with Gasteiger partial charge in [-0.25, -0.2) is 17.5 Å². The van der Waals surface area contributed by atoms with Crippen LogP contribution >= 0.6 is 11.6 Å². The maximum Gasteiger partial charge on any atom is 0.257 e. The van der Waals surface area contributed by atoms with E-state index in [0.29, 0.717) is 5.56 Å². The molecular formula is C17H18ClFN2O3S. The molecule has 2 N–H and O–H groups in total. The Balaban J connectivity index is 2.37. The lowest BCUT2D eigenvalue weighted by molar-refractivity contribution is 0.102. The molecule has 0 bridgehead atoms. The van der Waals surface area contributed by atoms with E-state index in [1.165, 1.54) is 36.4 Å². The van der Waals surface area contributed by atoms with Crippen LogP contribution in [0.15, 0.2) is 41.3 Å². The number of amides is 1. The first kappa shape index (κ1) is 19.4. The third-order valence-corrected chi connectivity index (χ3v) is 5.32. The van der Waals surface area contributed by atoms with E-state index in [1.807, 2.05) is 0 Å². The fraction of sp³-hybridized carbons (Fsp3) is 0.235. The third-order valence-electron chi connectivity index (χ3n) is 3.33. The highest BCUT2D eigenvalue weighted by molar-refractivity contribution is 7.89. The first-order chi connectivity index (χ1) is 11.6. The topological polar surface area (TPSA) is 75.3 Å². The number of hydrogen-bond donors (Lipinski definition) is 2. The largest absolute Gasteiger partial charge is 0.322 e. The average Bonchev–Trinajstić information content (AvgIpc) is 2.49. The predicted octanol–water partition coefficient (Wildman–Crippen LogP) is 3.73. The summed E-state index contributed by atoms with van der Waals surface area (Å²) < 4.78 is 40.3. The van der Waals surface area contributed by atoms with E-state index >= 15 is 0 Å². The van der Waals surface area contributed by atoms with Gasteiger partial charge in [0.2, 0.25) is 10.0 Å². The number of nitrogens with one attached hydrogen (secondary N) is 2. The summed E-state index contributed by atoms with van der Waals surface area (Å²) in [4.78, 5) is 12.4. The molecule has 0 aliphatic heterocycles. The van der Waals surface area contributed by atoms with Gasteiger partial charge in [0.15, 0.2) is 0 Å². The second kappa shape index (κ2) is 7.51. The highest BCUT2D eigenvalue weighted by Crippen LogP contribution is 2.23. The molecule has 0 radical (unpaired) electrons. The minimum absolute atomic E-state index is 0.0167. The molecule has 2 aromatic carbocycles. The van der Waals surface area contributed by atoms with Gasteiger partial charge in [0.1, 0.15) is 5.82 Å². The lowest BCUT2D eigenvalue weighted by Crippen LogP contribution is -2.30. The van der Waals surface area contributed by atoms with Gasteiger partial charge in [0.05, 0.1) is 15.5 Å². The Hall–Kier alpha value is -1.96. The van der Waals surface area contributed by atoms with Gasteiger partial charge in [-0.15, -0.1) is 0 Å². The van der Waals surface area contributed by atoms with E-state index in [2.05, 4.69) is 10.0 Å². The maximum absolute atomic E-state index is 13.4. The molecule has 2 aromatic rings. The van der Waals surface area contributed by atoms with Crippen molar-refractivity contribution in [2.24, 2.45) is 0 Å². The molecule has 0 unspecified atom stereocenters. The summed E-state index contributed by atoms with van der Waals surface area (Å²) in [5.41, 5.74) is 0.933. The molecule has 0 heterocycles. The van der Waals surface area contributed by atoms with Crippen LogP contribution < -0.4 is 10.0 Å². The number of benzene rings is 2. The zero-order chi connectivity index (χ0) is 18.8. The number of carbonyl (C=O) groups is 1. The van der Waals surface area contributed by atoms with E-state index in [9.17, 15) is 17.6 Å². The first-order valence-corrected chi connectivity index (χ1v) is 9.35. The second-order valence-corrected chi connectivity index (χ2v) is 7.95. The maximum atomic E-state index is 13.4. The Morgan fingerprint density at radius 2 is 1.84 bits per heavy atom. The monoisotopic (exact) mass is 384 g/mol. The molecule has 5 nitrogen and oxygen atoms in total. The van der Waals surface area contributed by atoms with Crippen molar-refractivity contribution >= 4 is 33.2 Å². The summed E-state index contributed by atoms with van der Waals surface area (Å²) in [6.45, 7) is 5.09. The smallest absolute Gasteiger partial charge is 0.257 e. The Labute approximate surface area is 151 Å². The van der Waals surface area contributed by atoms with Crippen molar-refractivity contribution in [2.45, 2.75) is 31.7 Å². The first-order valence-electron chi connectivity index (χ1n) is 7.49. The molecule has 0 saturated heterocycles. The minimum Gasteiger partial charge on any atom is -0.322 e. The van der Waals surface area contributed by atoms with E-state index in [-0.39, 0.29) is 27.2 Å². The Kier molecular flexibility index (Phi) is 5.82. The predicted molar refractivity (Wildman–Crippen MR) is 96.0 cm³/mol. The van der Waals surface area contributed by atoms with Gasteiger partial charge in [0.25, 0.3) is 5.91 Å². The molecule has 8 heteroatoms. The van der Waals surface area contributed by atoms with Crippen molar-refractivity contribution < 1.29 is 17.6 Å². The quantitative estimate of drug-likeness (QED) is 0.824. The highest BCUT2D eigenvalue weighted by Gasteiger charge is 2.20. The van der Waals surface area contributed by atoms with Crippen molar-refractivity contribution in [3.05, 3.63) is 58.4 Å². The summed E-state index contributed by atoms with van der Waals surface area (Å²) in [5, 5.41) is 2.64. The fourth-order valence-electron chi connectivity index (χ4n) is 2.14. The molecule has 1 amide bonds. The molecule has 25 heavy (non-hydrogen) atoms. The van der Waals surface area contributed by atoms with Crippen LogP contribution in [0, 0.1) is 12.7 Å². The van der Waals surface area contributed by atoms with E-state index in [1.54, 1.807) is 20.8 Å². The zero-order valence-corrected chi connectivity index (χ0v) is 15.5. The molecule has 0 aromatic heterocycles. The number of rotatable bonds is 5. The van der Waals surface area contributed by atoms with Gasteiger partial charge in [-0.05, 0) is 56.7 Å². The fourth-order valence-corrected chi connectivity index (χ4v) is 3.62. The van der Waals surface area contributed by atoms with Gasteiger partial charge >= 0.3 is 0 Å². The SMILES string of the molecule is Cc1ccc(F)cc1NC(=O)c1cc(S(=O)(=O)NC(C)C)ccc1Cl. The van der Waals surface area contributed by atoms with E-state index < -0.39 is 21.7 Å². The number of carbonyl (C=O) groups excluding carboxylic acids is 1. The van der Waals surface area contributed by atoms with Crippen LogP contribution in [0.1, 0.15) is 29.8 Å². The molecule has 0 aliphatic rings. The van der Waals surface area contributed by atoms with Crippen molar-refractivity contribution in [1.29, 1.82) is 0 Å². The standard InChI is InChI=1S/C17H18ClFN2O3S/c1-10(2)21-25(23,24)13-6-7-15(18)14(9-13)17(22)20-16-8-12(19)5-4-11(16)3/h4-10,21H,1-3H3,(H,20,22). The highest BCUT2D eigenvalue weighted by atomic mass is 35.5. The van der Waals surface area contributed by atoms with E-state index in [0.717, 1.165) is 0 Å². The van der Waals surface area contributed by atoms with Crippen LogP contribution in [0.3, 0.4) is 0 Å². The summed E-state index contributed by atoms with van der Waals surface area (Å²) >= 11 is 6.03. The van der Waals surface area contributed by atoms with Gasteiger partial charge in [-0.2, -0.15) is 0 Å². The molecule has 134 valence electrons. The number of halogens is 2. The second-order valence-electron chi connectivity index (χ2n) is 5.83. The molecule has 2 rings (SSSR count). The average molecular weight is 385 g/mol. The Morgan fingerprint density at radius 1 is 1.16 bits per heavy atom. The number of hydrogen-bond acceptors (Lipinski definition) is 3. The van der Waals surface area contributed by atoms with Gasteiger partial charge < -0.3 is 5.32 Å². The molecule has 0 fully saturated rings. The van der Waals surface area contributed by atoms with Crippen LogP contribution in [0.4, 0.5) is 10.1 Å². The molecule has 0 spiro atoms. The molecule has 0 atom stereocenters. The van der Waals surface area contributed by atoms with Crippen molar-refractivity contribution in [2.75, 3.05) is 5.32 Å². The van der Waals surface area contributed by atoms with Crippen LogP contribution in [-0.4, -0.2) is 20.4 Å². The van der Waals surface area contributed by atoms with Crippen LogP contribution in [0.2, 0.25) is 5.02 Å². The summed E-state index contributed by atoms with van der Waals surface area (Å²) in [6, 6.07) is 7.54.